The highest BCUT2D eigenvalue weighted by molar-refractivity contribution is 5.81. The molecule has 2 heterocycles. The SMILES string of the molecule is Cn1c(C2CC(=O)N(C3CC3)C2)nc2ccccc21. The number of carbonyl (C=O) groups excluding carboxylic acids is 1. The summed E-state index contributed by atoms with van der Waals surface area (Å²) in [5.41, 5.74) is 2.17. The van der Waals surface area contributed by atoms with Gasteiger partial charge >= 0.3 is 0 Å². The Labute approximate surface area is 112 Å². The molecule has 4 heteroatoms. The monoisotopic (exact) mass is 255 g/mol. The highest BCUT2D eigenvalue weighted by Gasteiger charge is 2.41. The van der Waals surface area contributed by atoms with Gasteiger partial charge in [-0.25, -0.2) is 4.98 Å². The second kappa shape index (κ2) is 3.83. The Morgan fingerprint density at radius 2 is 2.05 bits per heavy atom. The number of amides is 1. The zero-order chi connectivity index (χ0) is 13.0. The van der Waals surface area contributed by atoms with Crippen molar-refractivity contribution in [3.63, 3.8) is 0 Å². The van der Waals surface area contributed by atoms with Gasteiger partial charge in [0, 0.05) is 32.0 Å². The number of rotatable bonds is 2. The zero-order valence-electron chi connectivity index (χ0n) is 11.0. The molecule has 1 aliphatic carbocycles. The number of aromatic nitrogens is 2. The van der Waals surface area contributed by atoms with Gasteiger partial charge in [-0.15, -0.1) is 0 Å². The van der Waals surface area contributed by atoms with Gasteiger partial charge in [-0.05, 0) is 25.0 Å². The Hall–Kier alpha value is -1.84. The molecule has 1 aliphatic heterocycles. The predicted octanol–water partition coefficient (Wildman–Crippen LogP) is 2.05. The molecule has 2 aliphatic rings. The number of benzene rings is 1. The summed E-state index contributed by atoms with van der Waals surface area (Å²) in [6, 6.07) is 8.68. The number of aryl methyl sites for hydroxylation is 1. The quantitative estimate of drug-likeness (QED) is 0.823. The van der Waals surface area contributed by atoms with Crippen molar-refractivity contribution in [3.05, 3.63) is 30.1 Å². The van der Waals surface area contributed by atoms with E-state index in [9.17, 15) is 4.79 Å². The van der Waals surface area contributed by atoms with Gasteiger partial charge in [0.25, 0.3) is 0 Å². The van der Waals surface area contributed by atoms with Gasteiger partial charge in [-0.3, -0.25) is 4.79 Å². The number of fused-ring (bicyclic) bond motifs is 1. The van der Waals surface area contributed by atoms with Crippen LogP contribution in [0.5, 0.6) is 0 Å². The summed E-state index contributed by atoms with van der Waals surface area (Å²) in [6.07, 6.45) is 2.98. The number of hydrogen-bond acceptors (Lipinski definition) is 2. The van der Waals surface area contributed by atoms with Crippen LogP contribution < -0.4 is 0 Å². The number of para-hydroxylation sites is 2. The van der Waals surface area contributed by atoms with Crippen LogP contribution in [0, 0.1) is 0 Å². The first kappa shape index (κ1) is 11.0. The second-order valence-corrected chi connectivity index (χ2v) is 5.70. The molecule has 0 radical (unpaired) electrons. The average Bonchev–Trinajstić information content (AvgIpc) is 3.11. The summed E-state index contributed by atoms with van der Waals surface area (Å²) in [5.74, 6) is 1.61. The smallest absolute Gasteiger partial charge is 0.223 e. The largest absolute Gasteiger partial charge is 0.339 e. The zero-order valence-corrected chi connectivity index (χ0v) is 11.0. The van der Waals surface area contributed by atoms with Gasteiger partial charge in [0.1, 0.15) is 5.82 Å². The van der Waals surface area contributed by atoms with Gasteiger partial charge in [0.05, 0.1) is 11.0 Å². The molecule has 1 saturated heterocycles. The Morgan fingerprint density at radius 3 is 2.79 bits per heavy atom. The number of imidazole rings is 1. The summed E-state index contributed by atoms with van der Waals surface area (Å²) in [6.45, 7) is 0.848. The first-order chi connectivity index (χ1) is 9.24. The van der Waals surface area contributed by atoms with Crippen LogP contribution in [0.1, 0.15) is 31.0 Å². The van der Waals surface area contributed by atoms with Crippen molar-refractivity contribution in [2.75, 3.05) is 6.54 Å². The Bertz CT molecular complexity index is 656. The molecule has 0 N–H and O–H groups in total. The lowest BCUT2D eigenvalue weighted by atomic mass is 10.1. The van der Waals surface area contributed by atoms with Crippen LogP contribution in [0.3, 0.4) is 0 Å². The molecule has 4 rings (SSSR count). The number of likely N-dealkylation sites (tertiary alicyclic amines) is 1. The third-order valence-electron chi connectivity index (χ3n) is 4.33. The maximum absolute atomic E-state index is 12.1. The molecule has 1 aromatic carbocycles. The van der Waals surface area contributed by atoms with Crippen LogP contribution in [-0.4, -0.2) is 32.9 Å². The maximum Gasteiger partial charge on any atom is 0.223 e. The molecule has 2 fully saturated rings. The highest BCUT2D eigenvalue weighted by Crippen LogP contribution is 2.36. The first-order valence-electron chi connectivity index (χ1n) is 6.95. The van der Waals surface area contributed by atoms with Gasteiger partial charge in [0.2, 0.25) is 5.91 Å². The standard InChI is InChI=1S/C15H17N3O/c1-17-13-5-3-2-4-12(13)16-15(17)10-8-14(19)18(9-10)11-6-7-11/h2-5,10-11H,6-9H2,1H3. The van der Waals surface area contributed by atoms with Gasteiger partial charge in [0.15, 0.2) is 0 Å². The molecule has 98 valence electrons. The highest BCUT2D eigenvalue weighted by atomic mass is 16.2. The van der Waals surface area contributed by atoms with E-state index in [0.29, 0.717) is 18.4 Å². The molecule has 1 amide bonds. The van der Waals surface area contributed by atoms with Gasteiger partial charge in [-0.1, -0.05) is 12.1 Å². The molecule has 2 aromatic rings. The van der Waals surface area contributed by atoms with Crippen molar-refractivity contribution in [1.29, 1.82) is 0 Å². The maximum atomic E-state index is 12.1. The Kier molecular flexibility index (Phi) is 2.22. The van der Waals surface area contributed by atoms with E-state index in [1.54, 1.807) is 0 Å². The van der Waals surface area contributed by atoms with E-state index in [-0.39, 0.29) is 5.92 Å². The van der Waals surface area contributed by atoms with Crippen molar-refractivity contribution < 1.29 is 4.79 Å². The Balaban J connectivity index is 1.71. The summed E-state index contributed by atoms with van der Waals surface area (Å²) in [5, 5.41) is 0. The van der Waals surface area contributed by atoms with E-state index < -0.39 is 0 Å². The van der Waals surface area contributed by atoms with Gasteiger partial charge < -0.3 is 9.47 Å². The van der Waals surface area contributed by atoms with Crippen LogP contribution in [-0.2, 0) is 11.8 Å². The van der Waals surface area contributed by atoms with E-state index in [4.69, 9.17) is 4.98 Å². The lowest BCUT2D eigenvalue weighted by Crippen LogP contribution is -2.27. The molecule has 1 unspecified atom stereocenters. The predicted molar refractivity (Wildman–Crippen MR) is 72.8 cm³/mol. The molecule has 1 atom stereocenters. The lowest BCUT2D eigenvalue weighted by molar-refractivity contribution is -0.128. The van der Waals surface area contributed by atoms with E-state index in [1.807, 2.05) is 18.2 Å². The normalized spacial score (nSPS) is 23.5. The third kappa shape index (κ3) is 1.66. The van der Waals surface area contributed by atoms with E-state index in [2.05, 4.69) is 22.6 Å². The summed E-state index contributed by atoms with van der Waals surface area (Å²) < 4.78 is 2.14. The minimum absolute atomic E-state index is 0.255. The van der Waals surface area contributed by atoms with E-state index in [0.717, 1.165) is 23.4 Å². The first-order valence-corrected chi connectivity index (χ1v) is 6.95. The van der Waals surface area contributed by atoms with E-state index >= 15 is 0 Å². The fraction of sp³-hybridized carbons (Fsp3) is 0.467. The summed E-state index contributed by atoms with van der Waals surface area (Å²) >= 11 is 0. The fourth-order valence-corrected chi connectivity index (χ4v) is 3.17. The van der Waals surface area contributed by atoms with Crippen molar-refractivity contribution in [2.45, 2.75) is 31.2 Å². The molecule has 0 spiro atoms. The molecule has 0 bridgehead atoms. The minimum Gasteiger partial charge on any atom is -0.339 e. The number of carbonyl (C=O) groups is 1. The van der Waals surface area contributed by atoms with Crippen LogP contribution in [0.15, 0.2) is 24.3 Å². The van der Waals surface area contributed by atoms with Crippen molar-refractivity contribution in [2.24, 2.45) is 7.05 Å². The van der Waals surface area contributed by atoms with Gasteiger partial charge in [-0.2, -0.15) is 0 Å². The summed E-state index contributed by atoms with van der Waals surface area (Å²) in [7, 11) is 2.05. The van der Waals surface area contributed by atoms with Crippen molar-refractivity contribution >= 4 is 16.9 Å². The molecule has 19 heavy (non-hydrogen) atoms. The minimum atomic E-state index is 0.255. The summed E-state index contributed by atoms with van der Waals surface area (Å²) in [4.78, 5) is 18.8. The van der Waals surface area contributed by atoms with Crippen molar-refractivity contribution in [1.82, 2.24) is 14.5 Å². The second-order valence-electron chi connectivity index (χ2n) is 5.70. The molecule has 4 nitrogen and oxygen atoms in total. The van der Waals surface area contributed by atoms with E-state index in [1.165, 1.54) is 12.8 Å². The Morgan fingerprint density at radius 1 is 1.26 bits per heavy atom. The van der Waals surface area contributed by atoms with Crippen LogP contribution in [0.4, 0.5) is 0 Å². The lowest BCUT2D eigenvalue weighted by Gasteiger charge is -2.15. The van der Waals surface area contributed by atoms with Crippen LogP contribution in [0.25, 0.3) is 11.0 Å². The van der Waals surface area contributed by atoms with Crippen molar-refractivity contribution in [3.8, 4) is 0 Å². The van der Waals surface area contributed by atoms with Crippen LogP contribution >= 0.6 is 0 Å². The molecule has 1 saturated carbocycles. The van der Waals surface area contributed by atoms with Crippen LogP contribution in [0.2, 0.25) is 0 Å². The number of hydrogen-bond donors (Lipinski definition) is 0. The third-order valence-corrected chi connectivity index (χ3v) is 4.33. The average molecular weight is 255 g/mol. The molecular weight excluding hydrogens is 238 g/mol. The number of nitrogens with zero attached hydrogens (tertiary/aromatic N) is 3. The molecular formula is C15H17N3O. The molecule has 1 aromatic heterocycles. The fourth-order valence-electron chi connectivity index (χ4n) is 3.17. The topological polar surface area (TPSA) is 38.1 Å².